The van der Waals surface area contributed by atoms with Crippen LogP contribution in [0.5, 0.6) is 0 Å². The number of hydrogen-bond acceptors (Lipinski definition) is 4. The summed E-state index contributed by atoms with van der Waals surface area (Å²) >= 11 is 0. The summed E-state index contributed by atoms with van der Waals surface area (Å²) in [5.74, 6) is -1.36. The van der Waals surface area contributed by atoms with Crippen LogP contribution in [0.3, 0.4) is 0 Å². The molecule has 20 heavy (non-hydrogen) atoms. The molecule has 2 aromatic rings. The smallest absolute Gasteiger partial charge is 0.194 e. The number of ketones is 2. The van der Waals surface area contributed by atoms with Gasteiger partial charge >= 0.3 is 0 Å². The highest BCUT2D eigenvalue weighted by atomic mass is 16.3. The van der Waals surface area contributed by atoms with Gasteiger partial charge in [0.25, 0.3) is 0 Å². The fourth-order valence-electron chi connectivity index (χ4n) is 1.83. The predicted octanol–water partition coefficient (Wildman–Crippen LogP) is 1.47. The van der Waals surface area contributed by atoms with Crippen molar-refractivity contribution in [2.45, 2.75) is 12.2 Å². The molecule has 0 saturated carbocycles. The molecular weight excluding hydrogens is 256 g/mol. The van der Waals surface area contributed by atoms with Crippen LogP contribution >= 0.6 is 0 Å². The Morgan fingerprint density at radius 2 is 0.950 bits per heavy atom. The van der Waals surface area contributed by atoms with Gasteiger partial charge in [-0.2, -0.15) is 0 Å². The Kier molecular flexibility index (Phi) is 4.40. The van der Waals surface area contributed by atoms with Crippen molar-refractivity contribution in [2.75, 3.05) is 0 Å². The van der Waals surface area contributed by atoms with E-state index in [1.54, 1.807) is 36.4 Å². The molecule has 0 aromatic heterocycles. The first-order chi connectivity index (χ1) is 9.61. The van der Waals surface area contributed by atoms with Crippen LogP contribution in [-0.4, -0.2) is 34.0 Å². The molecule has 0 aliphatic heterocycles. The van der Waals surface area contributed by atoms with Gasteiger partial charge in [0.15, 0.2) is 23.8 Å². The van der Waals surface area contributed by atoms with Gasteiger partial charge in [-0.25, -0.2) is 0 Å². The molecule has 0 aliphatic carbocycles. The van der Waals surface area contributed by atoms with Gasteiger partial charge < -0.3 is 10.2 Å². The van der Waals surface area contributed by atoms with Crippen molar-refractivity contribution in [3.63, 3.8) is 0 Å². The van der Waals surface area contributed by atoms with Gasteiger partial charge in [0.2, 0.25) is 0 Å². The Labute approximate surface area is 116 Å². The molecule has 2 aromatic carbocycles. The topological polar surface area (TPSA) is 74.6 Å². The SMILES string of the molecule is O=C(c1ccccc1)[C@H](O)[C@@H](O)C(=O)c1ccccc1. The van der Waals surface area contributed by atoms with Crippen LogP contribution < -0.4 is 0 Å². The fourth-order valence-corrected chi connectivity index (χ4v) is 1.83. The average Bonchev–Trinajstić information content (AvgIpc) is 2.53. The summed E-state index contributed by atoms with van der Waals surface area (Å²) in [4.78, 5) is 23.9. The monoisotopic (exact) mass is 270 g/mol. The number of aliphatic hydroxyl groups is 2. The lowest BCUT2D eigenvalue weighted by Crippen LogP contribution is -2.39. The van der Waals surface area contributed by atoms with Crippen molar-refractivity contribution in [1.29, 1.82) is 0 Å². The van der Waals surface area contributed by atoms with E-state index < -0.39 is 23.8 Å². The molecule has 4 nitrogen and oxygen atoms in total. The van der Waals surface area contributed by atoms with Crippen LogP contribution in [0, 0.1) is 0 Å². The van der Waals surface area contributed by atoms with Crippen LogP contribution in [0.1, 0.15) is 20.7 Å². The standard InChI is InChI=1S/C16H14O4/c17-13(11-7-3-1-4-8-11)15(19)16(20)14(18)12-9-5-2-6-10-12/h1-10,15-16,19-20H/t15-,16-/m0/s1. The maximum absolute atomic E-state index is 12.0. The molecular formula is C16H14O4. The normalized spacial score (nSPS) is 13.5. The van der Waals surface area contributed by atoms with Gasteiger partial charge in [-0.05, 0) is 0 Å². The third kappa shape index (κ3) is 2.99. The van der Waals surface area contributed by atoms with Crippen molar-refractivity contribution in [3.8, 4) is 0 Å². The first kappa shape index (κ1) is 14.1. The Morgan fingerprint density at radius 1 is 0.650 bits per heavy atom. The van der Waals surface area contributed by atoms with E-state index in [0.29, 0.717) is 0 Å². The van der Waals surface area contributed by atoms with Crippen LogP contribution in [0.4, 0.5) is 0 Å². The second-order valence-electron chi connectivity index (χ2n) is 4.35. The van der Waals surface area contributed by atoms with E-state index in [4.69, 9.17) is 0 Å². The highest BCUT2D eigenvalue weighted by molar-refractivity contribution is 6.07. The van der Waals surface area contributed by atoms with Crippen molar-refractivity contribution in [2.24, 2.45) is 0 Å². The first-order valence-electron chi connectivity index (χ1n) is 6.16. The Morgan fingerprint density at radius 3 is 1.25 bits per heavy atom. The Bertz CT molecular complexity index is 537. The summed E-state index contributed by atoms with van der Waals surface area (Å²) < 4.78 is 0. The molecule has 2 rings (SSSR count). The number of hydrogen-bond donors (Lipinski definition) is 2. The number of Topliss-reactive ketones (excluding diaryl/α,β-unsaturated/α-hetero) is 2. The van der Waals surface area contributed by atoms with E-state index in [-0.39, 0.29) is 11.1 Å². The summed E-state index contributed by atoms with van der Waals surface area (Å²) in [7, 11) is 0. The van der Waals surface area contributed by atoms with Crippen LogP contribution in [-0.2, 0) is 0 Å². The third-order valence-electron chi connectivity index (χ3n) is 2.95. The molecule has 0 fully saturated rings. The average molecular weight is 270 g/mol. The van der Waals surface area contributed by atoms with Crippen molar-refractivity contribution in [3.05, 3.63) is 71.8 Å². The quantitative estimate of drug-likeness (QED) is 0.807. The van der Waals surface area contributed by atoms with Gasteiger partial charge in [-0.3, -0.25) is 9.59 Å². The number of aliphatic hydroxyl groups excluding tert-OH is 2. The molecule has 0 radical (unpaired) electrons. The largest absolute Gasteiger partial charge is 0.382 e. The first-order valence-corrected chi connectivity index (χ1v) is 6.16. The zero-order valence-electron chi connectivity index (χ0n) is 10.6. The molecule has 0 amide bonds. The van der Waals surface area contributed by atoms with Gasteiger partial charge in [0.05, 0.1) is 0 Å². The minimum Gasteiger partial charge on any atom is -0.382 e. The van der Waals surface area contributed by atoms with Crippen molar-refractivity contribution in [1.82, 2.24) is 0 Å². The summed E-state index contributed by atoms with van der Waals surface area (Å²) in [5, 5.41) is 19.7. The van der Waals surface area contributed by atoms with E-state index in [1.165, 1.54) is 24.3 Å². The lowest BCUT2D eigenvalue weighted by atomic mass is 9.96. The molecule has 2 N–H and O–H groups in total. The summed E-state index contributed by atoms with van der Waals surface area (Å²) in [6.45, 7) is 0. The van der Waals surface area contributed by atoms with E-state index in [9.17, 15) is 19.8 Å². The lowest BCUT2D eigenvalue weighted by molar-refractivity contribution is 0.0216. The van der Waals surface area contributed by atoms with Crippen LogP contribution in [0.2, 0.25) is 0 Å². The molecule has 0 bridgehead atoms. The third-order valence-corrected chi connectivity index (χ3v) is 2.95. The van der Waals surface area contributed by atoms with E-state index in [1.807, 2.05) is 0 Å². The zero-order valence-corrected chi connectivity index (χ0v) is 10.6. The maximum atomic E-state index is 12.0. The predicted molar refractivity (Wildman–Crippen MR) is 73.6 cm³/mol. The number of benzene rings is 2. The molecule has 0 spiro atoms. The van der Waals surface area contributed by atoms with E-state index in [0.717, 1.165) is 0 Å². The van der Waals surface area contributed by atoms with Gasteiger partial charge in [0, 0.05) is 11.1 Å². The molecule has 0 heterocycles. The molecule has 2 atom stereocenters. The van der Waals surface area contributed by atoms with Crippen LogP contribution in [0.25, 0.3) is 0 Å². The highest BCUT2D eigenvalue weighted by Gasteiger charge is 2.31. The number of carbonyl (C=O) groups excluding carboxylic acids is 2. The molecule has 0 saturated heterocycles. The second-order valence-corrected chi connectivity index (χ2v) is 4.35. The summed E-state index contributed by atoms with van der Waals surface area (Å²) in [5.41, 5.74) is 0.500. The van der Waals surface area contributed by atoms with Gasteiger partial charge in [-0.1, -0.05) is 60.7 Å². The van der Waals surface area contributed by atoms with Crippen LogP contribution in [0.15, 0.2) is 60.7 Å². The minimum atomic E-state index is -1.77. The summed E-state index contributed by atoms with van der Waals surface area (Å²) in [6.07, 6.45) is -3.55. The number of carbonyl (C=O) groups is 2. The van der Waals surface area contributed by atoms with E-state index >= 15 is 0 Å². The molecule has 0 unspecified atom stereocenters. The van der Waals surface area contributed by atoms with E-state index in [2.05, 4.69) is 0 Å². The second kappa shape index (κ2) is 6.23. The Hall–Kier alpha value is -2.30. The molecule has 102 valence electrons. The maximum Gasteiger partial charge on any atom is 0.194 e. The van der Waals surface area contributed by atoms with Crippen molar-refractivity contribution >= 4 is 11.6 Å². The molecule has 0 aliphatic rings. The van der Waals surface area contributed by atoms with Crippen molar-refractivity contribution < 1.29 is 19.8 Å². The lowest BCUT2D eigenvalue weighted by Gasteiger charge is -2.15. The highest BCUT2D eigenvalue weighted by Crippen LogP contribution is 2.11. The zero-order chi connectivity index (χ0) is 14.5. The Balaban J connectivity index is 2.15. The van der Waals surface area contributed by atoms with Gasteiger partial charge in [-0.15, -0.1) is 0 Å². The minimum absolute atomic E-state index is 0.250. The number of rotatable bonds is 5. The summed E-state index contributed by atoms with van der Waals surface area (Å²) in [6, 6.07) is 16.1. The fraction of sp³-hybridized carbons (Fsp3) is 0.125. The molecule has 4 heteroatoms. The van der Waals surface area contributed by atoms with Gasteiger partial charge in [0.1, 0.15) is 0 Å².